The quantitative estimate of drug-likeness (QED) is 0.345. The number of hydrogen-bond acceptors (Lipinski definition) is 4. The van der Waals surface area contributed by atoms with Crippen LogP contribution in [-0.4, -0.2) is 35.7 Å². The predicted octanol–water partition coefficient (Wildman–Crippen LogP) is 6.24. The Morgan fingerprint density at radius 2 is 1.75 bits per heavy atom. The Morgan fingerprint density at radius 3 is 2.41 bits per heavy atom. The summed E-state index contributed by atoms with van der Waals surface area (Å²) < 4.78 is 5.29. The molecular formula is C26H28N2O2S2. The summed E-state index contributed by atoms with van der Waals surface area (Å²) in [6.45, 7) is 4.01. The predicted molar refractivity (Wildman–Crippen MR) is 136 cm³/mol. The molecule has 0 saturated carbocycles. The second-order valence-corrected chi connectivity index (χ2v) is 9.43. The maximum atomic E-state index is 12.6. The Kier molecular flexibility index (Phi) is 7.55. The smallest absolute Gasteiger partial charge is 0.341 e. The zero-order valence-corrected chi connectivity index (χ0v) is 19.9. The third kappa shape index (κ3) is 5.56. The lowest BCUT2D eigenvalue weighted by Gasteiger charge is -2.33. The van der Waals surface area contributed by atoms with Gasteiger partial charge in [0, 0.05) is 18.0 Å². The van der Waals surface area contributed by atoms with Crippen molar-refractivity contribution in [2.24, 2.45) is 5.92 Å². The molecule has 0 unspecified atom stereocenters. The summed E-state index contributed by atoms with van der Waals surface area (Å²) in [5.41, 5.74) is 3.01. The molecule has 1 fully saturated rings. The zero-order valence-electron chi connectivity index (χ0n) is 18.3. The van der Waals surface area contributed by atoms with Crippen molar-refractivity contribution in [2.75, 3.05) is 25.0 Å². The maximum absolute atomic E-state index is 12.6. The standard InChI is InChI=1S/C26H28N2O2S2/c1-2-30-25(29)22-18-23(21-11-7-4-8-12-21)32-24(22)27-26(31)28-15-13-20(14-16-28)17-19-9-5-3-6-10-19/h3-12,18,20H,2,13-17H2,1H3,(H,27,31). The van der Waals surface area contributed by atoms with Crippen LogP contribution >= 0.6 is 23.6 Å². The molecule has 1 saturated heterocycles. The van der Waals surface area contributed by atoms with Gasteiger partial charge in [0.05, 0.1) is 12.2 Å². The SMILES string of the molecule is CCOC(=O)c1cc(-c2ccccc2)sc1NC(=S)N1CCC(Cc2ccccc2)CC1. The summed E-state index contributed by atoms with van der Waals surface area (Å²) in [6, 6.07) is 22.6. The van der Waals surface area contributed by atoms with Crippen molar-refractivity contribution in [3.63, 3.8) is 0 Å². The van der Waals surface area contributed by atoms with Gasteiger partial charge in [-0.1, -0.05) is 60.7 Å². The summed E-state index contributed by atoms with van der Waals surface area (Å²) in [5.74, 6) is 0.357. The van der Waals surface area contributed by atoms with Gasteiger partial charge in [-0.15, -0.1) is 11.3 Å². The molecule has 32 heavy (non-hydrogen) atoms. The number of carbonyl (C=O) groups is 1. The summed E-state index contributed by atoms with van der Waals surface area (Å²) >= 11 is 7.27. The third-order valence-corrected chi connectivity index (χ3v) is 7.23. The van der Waals surface area contributed by atoms with Crippen LogP contribution < -0.4 is 5.32 Å². The van der Waals surface area contributed by atoms with Crippen LogP contribution in [0.2, 0.25) is 0 Å². The lowest BCUT2D eigenvalue weighted by molar-refractivity contribution is 0.0528. The Bertz CT molecular complexity index is 1040. The van der Waals surface area contributed by atoms with E-state index in [-0.39, 0.29) is 5.97 Å². The van der Waals surface area contributed by atoms with E-state index in [0.717, 1.165) is 47.8 Å². The van der Waals surface area contributed by atoms with Crippen LogP contribution in [0, 0.1) is 5.92 Å². The molecule has 6 heteroatoms. The molecule has 2 heterocycles. The number of rotatable bonds is 6. The summed E-state index contributed by atoms with van der Waals surface area (Å²) in [7, 11) is 0. The van der Waals surface area contributed by atoms with Crippen LogP contribution in [0.25, 0.3) is 10.4 Å². The average molecular weight is 465 g/mol. The molecule has 0 aliphatic carbocycles. The monoisotopic (exact) mass is 464 g/mol. The minimum absolute atomic E-state index is 0.321. The van der Waals surface area contributed by atoms with Crippen molar-refractivity contribution in [1.82, 2.24) is 4.90 Å². The van der Waals surface area contributed by atoms with Crippen LogP contribution in [0.15, 0.2) is 66.7 Å². The first kappa shape index (κ1) is 22.5. The summed E-state index contributed by atoms with van der Waals surface area (Å²) in [5, 5.41) is 4.77. The number of nitrogens with one attached hydrogen (secondary N) is 1. The molecule has 2 aromatic carbocycles. The first-order valence-electron chi connectivity index (χ1n) is 11.1. The van der Waals surface area contributed by atoms with Gasteiger partial charge < -0.3 is 15.0 Å². The lowest BCUT2D eigenvalue weighted by atomic mass is 9.90. The van der Waals surface area contributed by atoms with E-state index in [1.54, 1.807) is 0 Å². The fourth-order valence-corrected chi connectivity index (χ4v) is 5.45. The van der Waals surface area contributed by atoms with Crippen molar-refractivity contribution in [1.29, 1.82) is 0 Å². The second kappa shape index (κ2) is 10.7. The van der Waals surface area contributed by atoms with Crippen molar-refractivity contribution in [2.45, 2.75) is 26.2 Å². The Labute approximate surface area is 199 Å². The molecule has 4 rings (SSSR count). The van der Waals surface area contributed by atoms with Gasteiger partial charge in [-0.2, -0.15) is 0 Å². The molecular weight excluding hydrogens is 436 g/mol. The molecule has 3 aromatic rings. The second-order valence-electron chi connectivity index (χ2n) is 7.99. The molecule has 4 nitrogen and oxygen atoms in total. The normalized spacial score (nSPS) is 14.2. The molecule has 0 spiro atoms. The molecule has 1 aliphatic heterocycles. The third-order valence-electron chi connectivity index (χ3n) is 5.78. The molecule has 0 atom stereocenters. The highest BCUT2D eigenvalue weighted by atomic mass is 32.1. The minimum atomic E-state index is -0.321. The van der Waals surface area contributed by atoms with Gasteiger partial charge >= 0.3 is 5.97 Å². The number of thiophene rings is 1. The van der Waals surface area contributed by atoms with E-state index in [1.165, 1.54) is 16.9 Å². The fraction of sp³-hybridized carbons (Fsp3) is 0.308. The first-order valence-corrected chi connectivity index (χ1v) is 12.3. The largest absolute Gasteiger partial charge is 0.462 e. The highest BCUT2D eigenvalue weighted by Crippen LogP contribution is 2.36. The van der Waals surface area contributed by atoms with Crippen LogP contribution in [0.5, 0.6) is 0 Å². The number of likely N-dealkylation sites (tertiary alicyclic amines) is 1. The number of esters is 1. The summed E-state index contributed by atoms with van der Waals surface area (Å²) in [6.07, 6.45) is 3.34. The number of ether oxygens (including phenoxy) is 1. The van der Waals surface area contributed by atoms with E-state index >= 15 is 0 Å². The lowest BCUT2D eigenvalue weighted by Crippen LogP contribution is -2.41. The van der Waals surface area contributed by atoms with E-state index in [9.17, 15) is 4.79 Å². The van der Waals surface area contributed by atoms with Crippen molar-refractivity contribution in [3.8, 4) is 10.4 Å². The highest BCUT2D eigenvalue weighted by molar-refractivity contribution is 7.80. The molecule has 0 bridgehead atoms. The van der Waals surface area contributed by atoms with Gasteiger partial charge in [0.15, 0.2) is 5.11 Å². The molecule has 1 aromatic heterocycles. The fourth-order valence-electron chi connectivity index (χ4n) is 4.05. The van der Waals surface area contributed by atoms with E-state index in [0.29, 0.717) is 23.2 Å². The minimum Gasteiger partial charge on any atom is -0.462 e. The number of anilines is 1. The van der Waals surface area contributed by atoms with Crippen LogP contribution in [0.1, 0.15) is 35.7 Å². The molecule has 0 radical (unpaired) electrons. The number of carbonyl (C=O) groups excluding carboxylic acids is 1. The highest BCUT2D eigenvalue weighted by Gasteiger charge is 2.24. The number of benzene rings is 2. The maximum Gasteiger partial charge on any atom is 0.341 e. The number of piperidine rings is 1. The zero-order chi connectivity index (χ0) is 22.3. The van der Waals surface area contributed by atoms with Gasteiger partial charge in [-0.3, -0.25) is 0 Å². The number of hydrogen-bond donors (Lipinski definition) is 1. The average Bonchev–Trinajstić information content (AvgIpc) is 3.25. The number of thiocarbonyl (C=S) groups is 1. The van der Waals surface area contributed by atoms with Gasteiger partial charge in [0.1, 0.15) is 5.00 Å². The Morgan fingerprint density at radius 1 is 1.09 bits per heavy atom. The topological polar surface area (TPSA) is 41.6 Å². The van der Waals surface area contributed by atoms with Crippen molar-refractivity contribution < 1.29 is 9.53 Å². The molecule has 166 valence electrons. The van der Waals surface area contributed by atoms with E-state index in [4.69, 9.17) is 17.0 Å². The van der Waals surface area contributed by atoms with Crippen molar-refractivity contribution >= 4 is 39.6 Å². The van der Waals surface area contributed by atoms with Crippen LogP contribution in [0.3, 0.4) is 0 Å². The summed E-state index contributed by atoms with van der Waals surface area (Å²) in [4.78, 5) is 15.8. The first-order chi connectivity index (χ1) is 15.6. The molecule has 0 amide bonds. The van der Waals surface area contributed by atoms with E-state index in [1.807, 2.05) is 43.3 Å². The van der Waals surface area contributed by atoms with Gasteiger partial charge in [-0.05, 0) is 61.5 Å². The molecule has 1 aliphatic rings. The van der Waals surface area contributed by atoms with Crippen molar-refractivity contribution in [3.05, 3.63) is 77.9 Å². The van der Waals surface area contributed by atoms with Crippen LogP contribution in [0.4, 0.5) is 5.00 Å². The Hall–Kier alpha value is -2.70. The van der Waals surface area contributed by atoms with Gasteiger partial charge in [0.2, 0.25) is 0 Å². The van der Waals surface area contributed by atoms with Gasteiger partial charge in [0.25, 0.3) is 0 Å². The molecule has 1 N–H and O–H groups in total. The number of nitrogens with zero attached hydrogens (tertiary/aromatic N) is 1. The Balaban J connectivity index is 1.42. The van der Waals surface area contributed by atoms with E-state index < -0.39 is 0 Å². The van der Waals surface area contributed by atoms with Crippen LogP contribution in [-0.2, 0) is 11.2 Å². The van der Waals surface area contributed by atoms with Gasteiger partial charge in [-0.25, -0.2) is 4.79 Å². The van der Waals surface area contributed by atoms with E-state index in [2.05, 4.69) is 40.5 Å².